The van der Waals surface area contributed by atoms with E-state index < -0.39 is 5.60 Å². The molecule has 104 valence electrons. The first-order valence-electron chi connectivity index (χ1n) is 6.31. The number of benzene rings is 1. The van der Waals surface area contributed by atoms with Crippen molar-refractivity contribution in [2.75, 3.05) is 12.3 Å². The molecule has 0 unspecified atom stereocenters. The summed E-state index contributed by atoms with van der Waals surface area (Å²) in [7, 11) is 0. The molecule has 0 spiro atoms. The maximum absolute atomic E-state index is 13.8. The fraction of sp³-hybridized carbons (Fsp3) is 0.500. The molecule has 5 heteroatoms. The molecule has 0 saturated heterocycles. The first-order valence-corrected chi connectivity index (χ1v) is 6.31. The number of nitrogens with two attached hydrogens (primary N) is 1. The third kappa shape index (κ3) is 2.97. The second-order valence-corrected chi connectivity index (χ2v) is 5.76. The van der Waals surface area contributed by atoms with Crippen LogP contribution < -0.4 is 5.73 Å². The quantitative estimate of drug-likeness (QED) is 0.734. The minimum absolute atomic E-state index is 0.157. The summed E-state index contributed by atoms with van der Waals surface area (Å²) in [6, 6.07) is 3.30. The van der Waals surface area contributed by atoms with Crippen molar-refractivity contribution in [1.82, 2.24) is 4.90 Å². The Morgan fingerprint density at radius 3 is 2.74 bits per heavy atom. The molecule has 0 saturated carbocycles. The number of fused-ring (bicyclic) bond motifs is 1. The molecule has 1 amide bonds. The number of carbonyl (C=O) groups is 1. The van der Waals surface area contributed by atoms with E-state index in [1.807, 2.05) is 20.8 Å². The van der Waals surface area contributed by atoms with Gasteiger partial charge in [-0.2, -0.15) is 0 Å². The van der Waals surface area contributed by atoms with E-state index in [0.717, 1.165) is 5.56 Å². The topological polar surface area (TPSA) is 55.6 Å². The highest BCUT2D eigenvalue weighted by molar-refractivity contribution is 5.69. The van der Waals surface area contributed by atoms with E-state index in [1.165, 1.54) is 6.07 Å². The van der Waals surface area contributed by atoms with Gasteiger partial charge in [-0.1, -0.05) is 6.07 Å². The molecule has 4 nitrogen and oxygen atoms in total. The number of amides is 1. The first kappa shape index (κ1) is 13.6. The maximum Gasteiger partial charge on any atom is 0.410 e. The lowest BCUT2D eigenvalue weighted by atomic mass is 9.98. The number of halogens is 1. The Hall–Kier alpha value is -1.78. The third-order valence-corrected chi connectivity index (χ3v) is 3.01. The van der Waals surface area contributed by atoms with Gasteiger partial charge in [-0.15, -0.1) is 0 Å². The summed E-state index contributed by atoms with van der Waals surface area (Å²) in [6.45, 7) is 6.28. The van der Waals surface area contributed by atoms with E-state index in [4.69, 9.17) is 10.5 Å². The fourth-order valence-electron chi connectivity index (χ4n) is 2.11. The second-order valence-electron chi connectivity index (χ2n) is 5.76. The Kier molecular flexibility index (Phi) is 3.39. The molecule has 0 radical (unpaired) electrons. The summed E-state index contributed by atoms with van der Waals surface area (Å²) in [5.41, 5.74) is 6.58. The lowest BCUT2D eigenvalue weighted by Gasteiger charge is -2.31. The molecule has 19 heavy (non-hydrogen) atoms. The molecule has 0 fully saturated rings. The number of nitrogens with zero attached hydrogens (tertiary/aromatic N) is 1. The summed E-state index contributed by atoms with van der Waals surface area (Å²) < 4.78 is 19.1. The van der Waals surface area contributed by atoms with Gasteiger partial charge >= 0.3 is 6.09 Å². The predicted molar refractivity (Wildman–Crippen MR) is 71.2 cm³/mol. The molecule has 1 aliphatic heterocycles. The Morgan fingerprint density at radius 1 is 1.42 bits per heavy atom. The Balaban J connectivity index is 2.15. The van der Waals surface area contributed by atoms with E-state index in [-0.39, 0.29) is 17.6 Å². The monoisotopic (exact) mass is 266 g/mol. The van der Waals surface area contributed by atoms with Gasteiger partial charge in [0.15, 0.2) is 0 Å². The molecular formula is C14H19FN2O2. The Bertz CT molecular complexity index is 509. The van der Waals surface area contributed by atoms with Gasteiger partial charge in [0.2, 0.25) is 0 Å². The number of anilines is 1. The average molecular weight is 266 g/mol. The van der Waals surface area contributed by atoms with Crippen LogP contribution in [0.2, 0.25) is 0 Å². The molecule has 1 heterocycles. The minimum atomic E-state index is -0.524. The first-order chi connectivity index (χ1) is 8.78. The molecule has 1 aromatic rings. The van der Waals surface area contributed by atoms with Crippen molar-refractivity contribution < 1.29 is 13.9 Å². The van der Waals surface area contributed by atoms with Crippen molar-refractivity contribution in [3.05, 3.63) is 29.1 Å². The zero-order valence-corrected chi connectivity index (χ0v) is 11.5. The molecule has 1 aromatic carbocycles. The Morgan fingerprint density at radius 2 is 2.11 bits per heavy atom. The number of hydrogen-bond donors (Lipinski definition) is 1. The van der Waals surface area contributed by atoms with E-state index in [2.05, 4.69) is 0 Å². The lowest BCUT2D eigenvalue weighted by molar-refractivity contribution is 0.0223. The van der Waals surface area contributed by atoms with Crippen LogP contribution in [0, 0.1) is 5.82 Å². The predicted octanol–water partition coefficient (Wildman–Crippen LogP) is 2.70. The molecule has 1 aliphatic rings. The van der Waals surface area contributed by atoms with Crippen LogP contribution in [-0.2, 0) is 17.7 Å². The van der Waals surface area contributed by atoms with Gasteiger partial charge in [0.05, 0.1) is 5.69 Å². The van der Waals surface area contributed by atoms with Crippen LogP contribution in [0.5, 0.6) is 0 Å². The molecule has 0 bridgehead atoms. The van der Waals surface area contributed by atoms with Crippen LogP contribution in [0.4, 0.5) is 14.9 Å². The van der Waals surface area contributed by atoms with E-state index in [9.17, 15) is 9.18 Å². The van der Waals surface area contributed by atoms with Crippen LogP contribution in [-0.4, -0.2) is 23.1 Å². The number of carbonyl (C=O) groups excluding carboxylic acids is 1. The minimum Gasteiger partial charge on any atom is -0.444 e. The molecule has 0 aromatic heterocycles. The zero-order valence-electron chi connectivity index (χ0n) is 11.5. The summed E-state index contributed by atoms with van der Waals surface area (Å²) in [5, 5.41) is 0. The smallest absolute Gasteiger partial charge is 0.410 e. The van der Waals surface area contributed by atoms with Crippen molar-refractivity contribution in [1.29, 1.82) is 0 Å². The van der Waals surface area contributed by atoms with E-state index in [1.54, 1.807) is 11.0 Å². The van der Waals surface area contributed by atoms with Crippen molar-refractivity contribution in [2.45, 2.75) is 39.3 Å². The summed E-state index contributed by atoms with van der Waals surface area (Å²) in [5.74, 6) is -0.360. The fourth-order valence-corrected chi connectivity index (χ4v) is 2.11. The molecule has 0 aliphatic carbocycles. The highest BCUT2D eigenvalue weighted by Crippen LogP contribution is 2.26. The standard InChI is InChI=1S/C14H19FN2O2/c1-14(2,3)19-13(18)17-7-6-10-9(8-17)4-5-11(16)12(10)15/h4-5H,6-8,16H2,1-3H3. The van der Waals surface area contributed by atoms with Crippen molar-refractivity contribution in [2.24, 2.45) is 0 Å². The van der Waals surface area contributed by atoms with Gasteiger partial charge in [0.1, 0.15) is 11.4 Å². The van der Waals surface area contributed by atoms with Gasteiger partial charge in [0, 0.05) is 13.1 Å². The van der Waals surface area contributed by atoms with E-state index in [0.29, 0.717) is 25.1 Å². The van der Waals surface area contributed by atoms with Crippen molar-refractivity contribution in [3.63, 3.8) is 0 Å². The highest BCUT2D eigenvalue weighted by atomic mass is 19.1. The lowest BCUT2D eigenvalue weighted by Crippen LogP contribution is -2.40. The molecule has 2 rings (SSSR count). The second kappa shape index (κ2) is 4.72. The number of ether oxygens (including phenoxy) is 1. The van der Waals surface area contributed by atoms with E-state index >= 15 is 0 Å². The van der Waals surface area contributed by atoms with Crippen LogP contribution in [0.3, 0.4) is 0 Å². The van der Waals surface area contributed by atoms with Crippen LogP contribution in [0.25, 0.3) is 0 Å². The van der Waals surface area contributed by atoms with Gasteiger partial charge in [-0.25, -0.2) is 9.18 Å². The SMILES string of the molecule is CC(C)(C)OC(=O)N1CCc2c(ccc(N)c2F)C1. The van der Waals surface area contributed by atoms with Gasteiger partial charge in [0.25, 0.3) is 0 Å². The summed E-state index contributed by atoms with van der Waals surface area (Å²) in [4.78, 5) is 13.5. The normalized spacial score (nSPS) is 15.1. The van der Waals surface area contributed by atoms with Crippen LogP contribution in [0.15, 0.2) is 12.1 Å². The maximum atomic E-state index is 13.8. The zero-order chi connectivity index (χ0) is 14.2. The van der Waals surface area contributed by atoms with Crippen LogP contribution in [0.1, 0.15) is 31.9 Å². The van der Waals surface area contributed by atoms with Gasteiger partial charge < -0.3 is 15.4 Å². The molecular weight excluding hydrogens is 247 g/mol. The van der Waals surface area contributed by atoms with Crippen LogP contribution >= 0.6 is 0 Å². The highest BCUT2D eigenvalue weighted by Gasteiger charge is 2.27. The number of nitrogen functional groups attached to an aromatic ring is 1. The number of hydrogen-bond acceptors (Lipinski definition) is 3. The van der Waals surface area contributed by atoms with Crippen molar-refractivity contribution >= 4 is 11.8 Å². The summed E-state index contributed by atoms with van der Waals surface area (Å²) in [6.07, 6.45) is 0.0984. The third-order valence-electron chi connectivity index (χ3n) is 3.01. The van der Waals surface area contributed by atoms with Gasteiger partial charge in [-0.3, -0.25) is 0 Å². The largest absolute Gasteiger partial charge is 0.444 e. The van der Waals surface area contributed by atoms with Crippen molar-refractivity contribution in [3.8, 4) is 0 Å². The average Bonchev–Trinajstić information content (AvgIpc) is 2.31. The number of rotatable bonds is 0. The van der Waals surface area contributed by atoms with Gasteiger partial charge in [-0.05, 0) is 44.4 Å². The Labute approximate surface area is 112 Å². The molecule has 2 N–H and O–H groups in total. The summed E-state index contributed by atoms with van der Waals surface area (Å²) >= 11 is 0. The molecule has 0 atom stereocenters.